The molecule has 0 fully saturated rings. The van der Waals surface area contributed by atoms with Gasteiger partial charge in [-0.15, -0.1) is 0 Å². The average molecular weight is 349 g/mol. The summed E-state index contributed by atoms with van der Waals surface area (Å²) in [6.07, 6.45) is 0. The predicted molar refractivity (Wildman–Crippen MR) is 92.9 cm³/mol. The number of anilines is 2. The van der Waals surface area contributed by atoms with Gasteiger partial charge in [0.05, 0.1) is 17.4 Å². The molecule has 0 heterocycles. The summed E-state index contributed by atoms with van der Waals surface area (Å²) in [6, 6.07) is 11.5. The predicted octanol–water partition coefficient (Wildman–Crippen LogP) is 4.44. The second-order valence-corrected chi connectivity index (χ2v) is 6.18. The van der Waals surface area contributed by atoms with Crippen LogP contribution in [0.2, 0.25) is 5.02 Å². The fraction of sp³-hybridized carbons (Fsp3) is 0.235. The first-order valence-electron chi connectivity index (χ1n) is 7.15. The lowest BCUT2D eigenvalue weighted by atomic mass is 9.84. The zero-order valence-electron chi connectivity index (χ0n) is 13.5. The molecule has 0 aliphatic carbocycles. The number of methoxy groups -OCH3 is 1. The number of hydrogen-bond donors (Lipinski definition) is 1. The van der Waals surface area contributed by atoms with Crippen LogP contribution < -0.4 is 5.32 Å². The van der Waals surface area contributed by atoms with Gasteiger partial charge < -0.3 is 10.1 Å². The van der Waals surface area contributed by atoms with E-state index in [1.807, 2.05) is 0 Å². The molecule has 0 aliphatic rings. The lowest BCUT2D eigenvalue weighted by molar-refractivity contribution is -0.384. The van der Waals surface area contributed by atoms with Gasteiger partial charge in [0.15, 0.2) is 0 Å². The van der Waals surface area contributed by atoms with Gasteiger partial charge in [0.1, 0.15) is 5.69 Å². The van der Waals surface area contributed by atoms with Crippen LogP contribution >= 0.6 is 11.6 Å². The van der Waals surface area contributed by atoms with Gasteiger partial charge in [-0.3, -0.25) is 14.9 Å². The largest absolute Gasteiger partial charge is 0.468 e. The number of nitrogens with zero attached hydrogens (tertiary/aromatic N) is 1. The topological polar surface area (TPSA) is 81.5 Å². The summed E-state index contributed by atoms with van der Waals surface area (Å²) in [4.78, 5) is 22.8. The molecule has 2 aromatic carbocycles. The van der Waals surface area contributed by atoms with Crippen molar-refractivity contribution in [2.24, 2.45) is 0 Å². The van der Waals surface area contributed by atoms with Gasteiger partial charge in [-0.1, -0.05) is 23.7 Å². The maximum atomic E-state index is 11.9. The van der Waals surface area contributed by atoms with Crippen molar-refractivity contribution in [1.82, 2.24) is 0 Å². The molecule has 0 unspecified atom stereocenters. The Labute approximate surface area is 144 Å². The van der Waals surface area contributed by atoms with E-state index in [-0.39, 0.29) is 5.69 Å². The summed E-state index contributed by atoms with van der Waals surface area (Å²) in [6.45, 7) is 3.31. The van der Waals surface area contributed by atoms with Gasteiger partial charge in [0.2, 0.25) is 0 Å². The number of nitro groups is 1. The standard InChI is InChI=1S/C17H17ClN2O4/c1-17(2,16(21)24-3)11-7-8-14(15(9-11)20(22)23)19-13-6-4-5-12(18)10-13/h4-10,19H,1-3H3. The van der Waals surface area contributed by atoms with Gasteiger partial charge >= 0.3 is 5.97 Å². The van der Waals surface area contributed by atoms with Crippen LogP contribution in [0.15, 0.2) is 42.5 Å². The Hall–Kier alpha value is -2.60. The Bertz CT molecular complexity index is 790. The normalized spacial score (nSPS) is 11.0. The Balaban J connectivity index is 2.44. The van der Waals surface area contributed by atoms with E-state index in [4.69, 9.17) is 16.3 Å². The van der Waals surface area contributed by atoms with Crippen LogP contribution in [0.3, 0.4) is 0 Å². The zero-order chi connectivity index (χ0) is 17.9. The summed E-state index contributed by atoms with van der Waals surface area (Å²) >= 11 is 5.92. The molecule has 0 amide bonds. The lowest BCUT2D eigenvalue weighted by Gasteiger charge is -2.22. The third kappa shape index (κ3) is 3.65. The molecule has 0 radical (unpaired) electrons. The number of esters is 1. The molecule has 2 aromatic rings. The van der Waals surface area contributed by atoms with Crippen molar-refractivity contribution in [3.63, 3.8) is 0 Å². The zero-order valence-corrected chi connectivity index (χ0v) is 14.3. The van der Waals surface area contributed by atoms with Crippen molar-refractivity contribution >= 4 is 34.6 Å². The minimum absolute atomic E-state index is 0.135. The molecular weight excluding hydrogens is 332 g/mol. The van der Waals surface area contributed by atoms with Crippen LogP contribution in [-0.2, 0) is 14.9 Å². The lowest BCUT2D eigenvalue weighted by Crippen LogP contribution is -2.30. The third-order valence-corrected chi connectivity index (χ3v) is 3.95. The van der Waals surface area contributed by atoms with Crippen molar-refractivity contribution in [3.8, 4) is 0 Å². The number of ether oxygens (including phenoxy) is 1. The number of nitro benzene ring substituents is 1. The van der Waals surface area contributed by atoms with E-state index < -0.39 is 16.3 Å². The molecule has 0 aromatic heterocycles. The van der Waals surface area contributed by atoms with Gasteiger partial charge in [-0.25, -0.2) is 0 Å². The van der Waals surface area contributed by atoms with Gasteiger partial charge in [0, 0.05) is 16.8 Å². The minimum Gasteiger partial charge on any atom is -0.468 e. The highest BCUT2D eigenvalue weighted by atomic mass is 35.5. The maximum absolute atomic E-state index is 11.9. The Morgan fingerprint density at radius 2 is 1.96 bits per heavy atom. The summed E-state index contributed by atoms with van der Waals surface area (Å²) in [7, 11) is 1.29. The molecular formula is C17H17ClN2O4. The van der Waals surface area contributed by atoms with Crippen molar-refractivity contribution in [2.75, 3.05) is 12.4 Å². The molecule has 7 heteroatoms. The first kappa shape index (κ1) is 17.7. The molecule has 0 spiro atoms. The van der Waals surface area contributed by atoms with Crippen LogP contribution in [0.4, 0.5) is 17.1 Å². The number of benzene rings is 2. The van der Waals surface area contributed by atoms with E-state index in [1.165, 1.54) is 13.2 Å². The third-order valence-electron chi connectivity index (χ3n) is 3.72. The summed E-state index contributed by atoms with van der Waals surface area (Å²) in [5, 5.41) is 14.9. The van der Waals surface area contributed by atoms with Gasteiger partial charge in [-0.05, 0) is 43.7 Å². The van der Waals surface area contributed by atoms with Crippen LogP contribution in [-0.4, -0.2) is 18.0 Å². The van der Waals surface area contributed by atoms with E-state index in [0.717, 1.165) is 0 Å². The first-order chi connectivity index (χ1) is 11.3. The second kappa shape index (κ2) is 6.88. The molecule has 0 saturated carbocycles. The van der Waals surface area contributed by atoms with Crippen LogP contribution in [0.1, 0.15) is 19.4 Å². The highest BCUT2D eigenvalue weighted by Gasteiger charge is 2.32. The van der Waals surface area contributed by atoms with Crippen molar-refractivity contribution in [2.45, 2.75) is 19.3 Å². The van der Waals surface area contributed by atoms with E-state index in [9.17, 15) is 14.9 Å². The van der Waals surface area contributed by atoms with E-state index in [1.54, 1.807) is 50.2 Å². The second-order valence-electron chi connectivity index (χ2n) is 5.74. The van der Waals surface area contributed by atoms with Gasteiger partial charge in [-0.2, -0.15) is 0 Å². The summed E-state index contributed by atoms with van der Waals surface area (Å²) in [5.74, 6) is -0.465. The summed E-state index contributed by atoms with van der Waals surface area (Å²) in [5.41, 5.74) is 0.313. The van der Waals surface area contributed by atoms with Crippen molar-refractivity contribution in [1.29, 1.82) is 0 Å². The molecule has 0 saturated heterocycles. The van der Waals surface area contributed by atoms with Crippen molar-refractivity contribution in [3.05, 3.63) is 63.2 Å². The molecule has 1 N–H and O–H groups in total. The fourth-order valence-corrected chi connectivity index (χ4v) is 2.46. The van der Waals surface area contributed by atoms with Crippen LogP contribution in [0, 0.1) is 10.1 Å². The number of carbonyl (C=O) groups is 1. The quantitative estimate of drug-likeness (QED) is 0.490. The number of carbonyl (C=O) groups excluding carboxylic acids is 1. The monoisotopic (exact) mass is 348 g/mol. The highest BCUT2D eigenvalue weighted by molar-refractivity contribution is 6.30. The molecule has 0 atom stereocenters. The highest BCUT2D eigenvalue weighted by Crippen LogP contribution is 2.34. The Kier molecular flexibility index (Phi) is 5.09. The van der Waals surface area contributed by atoms with Gasteiger partial charge in [0.25, 0.3) is 5.69 Å². The molecule has 6 nitrogen and oxygen atoms in total. The van der Waals surface area contributed by atoms with E-state index in [0.29, 0.717) is 22.0 Å². The van der Waals surface area contributed by atoms with Crippen molar-refractivity contribution < 1.29 is 14.5 Å². The Morgan fingerprint density at radius 1 is 1.25 bits per heavy atom. The summed E-state index contributed by atoms with van der Waals surface area (Å²) < 4.78 is 4.77. The molecule has 0 bridgehead atoms. The molecule has 24 heavy (non-hydrogen) atoms. The number of rotatable bonds is 5. The van der Waals surface area contributed by atoms with Crippen LogP contribution in [0.25, 0.3) is 0 Å². The molecule has 2 rings (SSSR count). The van der Waals surface area contributed by atoms with E-state index in [2.05, 4.69) is 5.32 Å². The minimum atomic E-state index is -0.992. The first-order valence-corrected chi connectivity index (χ1v) is 7.53. The maximum Gasteiger partial charge on any atom is 0.315 e. The van der Waals surface area contributed by atoms with Crippen LogP contribution in [0.5, 0.6) is 0 Å². The fourth-order valence-electron chi connectivity index (χ4n) is 2.27. The smallest absolute Gasteiger partial charge is 0.315 e. The number of halogens is 1. The Morgan fingerprint density at radius 3 is 2.54 bits per heavy atom. The molecule has 0 aliphatic heterocycles. The molecule has 126 valence electrons. The average Bonchev–Trinajstić information content (AvgIpc) is 2.54. The SMILES string of the molecule is COC(=O)C(C)(C)c1ccc(Nc2cccc(Cl)c2)c([N+](=O)[O-])c1. The number of nitrogens with one attached hydrogen (secondary N) is 1. The van der Waals surface area contributed by atoms with E-state index >= 15 is 0 Å². The number of hydrogen-bond acceptors (Lipinski definition) is 5.